The van der Waals surface area contributed by atoms with Gasteiger partial charge in [0.25, 0.3) is 0 Å². The molecule has 1 aromatic carbocycles. The lowest BCUT2D eigenvalue weighted by molar-refractivity contribution is 0.0902. The van der Waals surface area contributed by atoms with Gasteiger partial charge in [-0.25, -0.2) is 0 Å². The van der Waals surface area contributed by atoms with Crippen LogP contribution >= 0.6 is 11.6 Å². The number of rotatable bonds is 3. The van der Waals surface area contributed by atoms with E-state index in [1.807, 2.05) is 6.92 Å². The Hall–Kier alpha value is -1.61. The van der Waals surface area contributed by atoms with Crippen LogP contribution in [-0.2, 0) is 4.74 Å². The number of methoxy groups -OCH3 is 1. The fourth-order valence-corrected chi connectivity index (χ4v) is 2.29. The van der Waals surface area contributed by atoms with Crippen molar-refractivity contribution in [3.63, 3.8) is 0 Å². The Bertz CT molecular complexity index is 558. The van der Waals surface area contributed by atoms with Crippen molar-refractivity contribution < 1.29 is 14.3 Å². The third-order valence-corrected chi connectivity index (χ3v) is 3.16. The molecule has 4 heteroatoms. The molecule has 1 aromatic rings. The summed E-state index contributed by atoms with van der Waals surface area (Å²) in [4.78, 5) is 24.5. The number of carbonyl (C=O) groups is 2. The molecule has 0 amide bonds. The Balaban J connectivity index is 2.62. The molecule has 1 aliphatic carbocycles. The van der Waals surface area contributed by atoms with E-state index in [0.29, 0.717) is 28.1 Å². The molecule has 0 unspecified atom stereocenters. The molecule has 0 aromatic heterocycles. The van der Waals surface area contributed by atoms with Gasteiger partial charge in [-0.15, -0.1) is 0 Å². The van der Waals surface area contributed by atoms with Crippen LogP contribution in [0.2, 0.25) is 5.02 Å². The van der Waals surface area contributed by atoms with E-state index in [0.717, 1.165) is 6.42 Å². The number of benzene rings is 1. The monoisotopic (exact) mass is 264 g/mol. The lowest BCUT2D eigenvalue weighted by Gasteiger charge is -2.19. The van der Waals surface area contributed by atoms with Gasteiger partial charge in [-0.3, -0.25) is 9.59 Å². The summed E-state index contributed by atoms with van der Waals surface area (Å²) in [5.41, 5.74) is 1.19. The van der Waals surface area contributed by atoms with Gasteiger partial charge in [0.2, 0.25) is 5.78 Å². The second-order valence-corrected chi connectivity index (χ2v) is 4.55. The third kappa shape index (κ3) is 1.95. The minimum Gasteiger partial charge on any atom is -0.492 e. The van der Waals surface area contributed by atoms with E-state index < -0.39 is 0 Å². The van der Waals surface area contributed by atoms with Crippen LogP contribution in [0.5, 0.6) is 0 Å². The standard InChI is InChI=1S/C14H13ClO3/c1-3-4-10-12(16)9-6-5-8(15)7-11(9)13(17)14(10)18-2/h5-7H,3-4H2,1-2H3. The van der Waals surface area contributed by atoms with Crippen molar-refractivity contribution >= 4 is 23.2 Å². The minimum atomic E-state index is -0.266. The van der Waals surface area contributed by atoms with Crippen molar-refractivity contribution in [2.75, 3.05) is 7.11 Å². The van der Waals surface area contributed by atoms with Crippen molar-refractivity contribution in [1.29, 1.82) is 0 Å². The number of ketones is 2. The van der Waals surface area contributed by atoms with Gasteiger partial charge < -0.3 is 4.74 Å². The first-order chi connectivity index (χ1) is 8.60. The van der Waals surface area contributed by atoms with Gasteiger partial charge in [-0.05, 0) is 24.6 Å². The fraction of sp³-hybridized carbons (Fsp3) is 0.286. The van der Waals surface area contributed by atoms with Crippen molar-refractivity contribution in [1.82, 2.24) is 0 Å². The average molecular weight is 265 g/mol. The molecule has 18 heavy (non-hydrogen) atoms. The molecular weight excluding hydrogens is 252 g/mol. The van der Waals surface area contributed by atoms with Gasteiger partial charge >= 0.3 is 0 Å². The predicted octanol–water partition coefficient (Wildman–Crippen LogP) is 3.42. The summed E-state index contributed by atoms with van der Waals surface area (Å²) < 4.78 is 5.10. The zero-order chi connectivity index (χ0) is 13.3. The summed E-state index contributed by atoms with van der Waals surface area (Å²) in [5.74, 6) is -0.255. The third-order valence-electron chi connectivity index (χ3n) is 2.93. The van der Waals surface area contributed by atoms with E-state index in [-0.39, 0.29) is 17.3 Å². The second-order valence-electron chi connectivity index (χ2n) is 4.11. The molecule has 0 radical (unpaired) electrons. The highest BCUT2D eigenvalue weighted by atomic mass is 35.5. The topological polar surface area (TPSA) is 43.4 Å². The normalized spacial score (nSPS) is 14.8. The number of hydrogen-bond donors (Lipinski definition) is 0. The summed E-state index contributed by atoms with van der Waals surface area (Å²) in [6.07, 6.45) is 1.32. The Labute approximate surface area is 110 Å². The Kier molecular flexibility index (Phi) is 3.53. The molecule has 0 spiro atoms. The van der Waals surface area contributed by atoms with Crippen LogP contribution < -0.4 is 0 Å². The molecule has 0 saturated heterocycles. The molecule has 0 atom stereocenters. The molecule has 0 N–H and O–H groups in total. The fourth-order valence-electron chi connectivity index (χ4n) is 2.12. The summed E-state index contributed by atoms with van der Waals surface area (Å²) >= 11 is 5.86. The minimum absolute atomic E-state index is 0.139. The molecule has 0 heterocycles. The van der Waals surface area contributed by atoms with Gasteiger partial charge in [-0.1, -0.05) is 24.9 Å². The summed E-state index contributed by atoms with van der Waals surface area (Å²) in [5, 5.41) is 0.435. The highest BCUT2D eigenvalue weighted by Gasteiger charge is 2.32. The Morgan fingerprint density at radius 3 is 2.50 bits per heavy atom. The molecule has 0 aliphatic heterocycles. The molecular formula is C14H13ClO3. The molecule has 0 fully saturated rings. The number of halogens is 1. The molecule has 3 nitrogen and oxygen atoms in total. The first-order valence-electron chi connectivity index (χ1n) is 5.76. The average Bonchev–Trinajstić information content (AvgIpc) is 2.36. The Morgan fingerprint density at radius 1 is 1.17 bits per heavy atom. The SMILES string of the molecule is CCCC1=C(OC)C(=O)c2cc(Cl)ccc2C1=O. The highest BCUT2D eigenvalue weighted by Crippen LogP contribution is 2.30. The van der Waals surface area contributed by atoms with E-state index in [1.54, 1.807) is 12.1 Å². The first-order valence-corrected chi connectivity index (χ1v) is 6.14. The summed E-state index contributed by atoms with van der Waals surface area (Å²) in [6, 6.07) is 4.73. The summed E-state index contributed by atoms with van der Waals surface area (Å²) in [6.45, 7) is 1.95. The molecule has 94 valence electrons. The van der Waals surface area contributed by atoms with Crippen LogP contribution in [-0.4, -0.2) is 18.7 Å². The van der Waals surface area contributed by atoms with Crippen LogP contribution in [0.4, 0.5) is 0 Å². The number of fused-ring (bicyclic) bond motifs is 1. The zero-order valence-electron chi connectivity index (χ0n) is 10.2. The number of ether oxygens (including phenoxy) is 1. The van der Waals surface area contributed by atoms with Crippen LogP contribution in [0.3, 0.4) is 0 Å². The maximum absolute atomic E-state index is 12.3. The molecule has 0 bridgehead atoms. The molecule has 0 saturated carbocycles. The van der Waals surface area contributed by atoms with E-state index in [2.05, 4.69) is 0 Å². The number of allylic oxidation sites excluding steroid dienone is 2. The van der Waals surface area contributed by atoms with E-state index in [1.165, 1.54) is 13.2 Å². The van der Waals surface area contributed by atoms with E-state index in [4.69, 9.17) is 16.3 Å². The van der Waals surface area contributed by atoms with Gasteiger partial charge in [0.05, 0.1) is 7.11 Å². The first kappa shape index (κ1) is 12.8. The van der Waals surface area contributed by atoms with E-state index >= 15 is 0 Å². The van der Waals surface area contributed by atoms with Crippen LogP contribution in [0.15, 0.2) is 29.5 Å². The van der Waals surface area contributed by atoms with Crippen LogP contribution in [0, 0.1) is 0 Å². The highest BCUT2D eigenvalue weighted by molar-refractivity contribution is 6.32. The number of hydrogen-bond acceptors (Lipinski definition) is 3. The summed E-state index contributed by atoms with van der Waals surface area (Å²) in [7, 11) is 1.41. The molecule has 2 rings (SSSR count). The maximum Gasteiger partial charge on any atom is 0.228 e. The van der Waals surface area contributed by atoms with Crippen LogP contribution in [0.25, 0.3) is 0 Å². The van der Waals surface area contributed by atoms with Gasteiger partial charge in [-0.2, -0.15) is 0 Å². The zero-order valence-corrected chi connectivity index (χ0v) is 11.0. The Morgan fingerprint density at radius 2 is 1.89 bits per heavy atom. The van der Waals surface area contributed by atoms with Gasteiger partial charge in [0, 0.05) is 21.7 Å². The smallest absolute Gasteiger partial charge is 0.228 e. The second kappa shape index (κ2) is 4.94. The number of carbonyl (C=O) groups excluding carboxylic acids is 2. The largest absolute Gasteiger partial charge is 0.492 e. The maximum atomic E-state index is 12.3. The van der Waals surface area contributed by atoms with Crippen molar-refractivity contribution in [3.8, 4) is 0 Å². The van der Waals surface area contributed by atoms with Gasteiger partial charge in [0.1, 0.15) is 0 Å². The van der Waals surface area contributed by atoms with Crippen LogP contribution in [0.1, 0.15) is 40.5 Å². The molecule has 1 aliphatic rings. The number of Topliss-reactive ketones (excluding diaryl/α,β-unsaturated/α-hetero) is 2. The van der Waals surface area contributed by atoms with Crippen molar-refractivity contribution in [2.24, 2.45) is 0 Å². The van der Waals surface area contributed by atoms with Crippen molar-refractivity contribution in [3.05, 3.63) is 45.7 Å². The van der Waals surface area contributed by atoms with Crippen molar-refractivity contribution in [2.45, 2.75) is 19.8 Å². The predicted molar refractivity (Wildman–Crippen MR) is 69.1 cm³/mol. The lowest BCUT2D eigenvalue weighted by Crippen LogP contribution is -2.23. The van der Waals surface area contributed by atoms with E-state index in [9.17, 15) is 9.59 Å². The van der Waals surface area contributed by atoms with Gasteiger partial charge in [0.15, 0.2) is 11.5 Å². The quantitative estimate of drug-likeness (QED) is 0.840. The lowest BCUT2D eigenvalue weighted by atomic mass is 9.86.